The Balaban J connectivity index is 1.62. The van der Waals surface area contributed by atoms with Crippen molar-refractivity contribution in [3.05, 3.63) is 58.9 Å². The highest BCUT2D eigenvalue weighted by Crippen LogP contribution is 2.40. The lowest BCUT2D eigenvalue weighted by molar-refractivity contribution is 0.0498. The predicted molar refractivity (Wildman–Crippen MR) is 93.5 cm³/mol. The largest absolute Gasteiger partial charge is 0.485 e. The zero-order valence-corrected chi connectivity index (χ0v) is 15.2. The van der Waals surface area contributed by atoms with Crippen molar-refractivity contribution in [3.63, 3.8) is 0 Å². The molecule has 0 aliphatic carbocycles. The molecule has 0 N–H and O–H groups in total. The number of ketones is 1. The summed E-state index contributed by atoms with van der Waals surface area (Å²) < 4.78 is 46.4. The Morgan fingerprint density at radius 1 is 1.19 bits per heavy atom. The van der Waals surface area contributed by atoms with E-state index >= 15 is 0 Å². The molecule has 0 radical (unpaired) electrons. The topological polar surface area (TPSA) is 63.7 Å². The maximum absolute atomic E-state index is 13.3. The van der Waals surface area contributed by atoms with E-state index in [0.717, 1.165) is 12.1 Å². The molecule has 2 aliphatic rings. The first-order valence-electron chi connectivity index (χ1n) is 8.07. The molecule has 2 heterocycles. The number of fused-ring (bicyclic) bond motifs is 1. The molecule has 0 saturated carbocycles. The summed E-state index contributed by atoms with van der Waals surface area (Å²) in [4.78, 5) is 12.4. The van der Waals surface area contributed by atoms with E-state index in [1.807, 2.05) is 0 Å². The first-order valence-corrected chi connectivity index (χ1v) is 9.89. The number of halogens is 2. The summed E-state index contributed by atoms with van der Waals surface area (Å²) in [5.74, 6) is -0.259. The van der Waals surface area contributed by atoms with Crippen LogP contribution >= 0.6 is 11.6 Å². The monoisotopic (exact) mass is 395 g/mol. The van der Waals surface area contributed by atoms with Crippen LogP contribution in [0.3, 0.4) is 0 Å². The van der Waals surface area contributed by atoms with Gasteiger partial charge in [-0.2, -0.15) is 4.31 Å². The van der Waals surface area contributed by atoms with E-state index in [-0.39, 0.29) is 35.2 Å². The lowest BCUT2D eigenvalue weighted by Gasteiger charge is -2.34. The second-order valence-electron chi connectivity index (χ2n) is 6.55. The number of rotatable bonds is 2. The van der Waals surface area contributed by atoms with Crippen LogP contribution in [0.25, 0.3) is 0 Å². The van der Waals surface area contributed by atoms with Crippen molar-refractivity contribution in [2.75, 3.05) is 13.1 Å². The Morgan fingerprint density at radius 3 is 2.73 bits per heavy atom. The first-order chi connectivity index (χ1) is 12.3. The molecular formula is C18H15ClFNO4S. The van der Waals surface area contributed by atoms with Gasteiger partial charge in [-0.25, -0.2) is 12.8 Å². The van der Waals surface area contributed by atoms with E-state index in [9.17, 15) is 17.6 Å². The maximum Gasteiger partial charge on any atom is 0.243 e. The summed E-state index contributed by atoms with van der Waals surface area (Å²) >= 11 is 5.72. The fourth-order valence-electron chi connectivity index (χ4n) is 3.47. The number of carbonyl (C=O) groups is 1. The highest BCUT2D eigenvalue weighted by Gasteiger charge is 2.48. The van der Waals surface area contributed by atoms with Gasteiger partial charge in [0.2, 0.25) is 10.0 Å². The molecule has 5 nitrogen and oxygen atoms in total. The molecular weight excluding hydrogens is 381 g/mol. The van der Waals surface area contributed by atoms with Crippen molar-refractivity contribution in [3.8, 4) is 5.75 Å². The van der Waals surface area contributed by atoms with E-state index in [0.29, 0.717) is 17.7 Å². The molecule has 136 valence electrons. The van der Waals surface area contributed by atoms with Crippen LogP contribution < -0.4 is 4.74 Å². The number of ether oxygens (including phenoxy) is 1. The van der Waals surface area contributed by atoms with Crippen molar-refractivity contribution < 1.29 is 22.3 Å². The minimum absolute atomic E-state index is 0.0593. The van der Waals surface area contributed by atoms with E-state index in [2.05, 4.69) is 0 Å². The van der Waals surface area contributed by atoms with Crippen LogP contribution in [0.1, 0.15) is 23.2 Å². The van der Waals surface area contributed by atoms with Gasteiger partial charge in [-0.15, -0.1) is 0 Å². The third kappa shape index (κ3) is 2.80. The van der Waals surface area contributed by atoms with Crippen LogP contribution in [0, 0.1) is 5.82 Å². The summed E-state index contributed by atoms with van der Waals surface area (Å²) in [6, 6.07) is 10.3. The molecule has 1 spiro atoms. The van der Waals surface area contributed by atoms with Crippen LogP contribution in [0.4, 0.5) is 4.39 Å². The van der Waals surface area contributed by atoms with Gasteiger partial charge in [-0.1, -0.05) is 23.7 Å². The average Bonchev–Trinajstić information content (AvgIpc) is 3.01. The van der Waals surface area contributed by atoms with Crippen molar-refractivity contribution in [1.29, 1.82) is 0 Å². The fraction of sp³-hybridized carbons (Fsp3) is 0.278. The summed E-state index contributed by atoms with van der Waals surface area (Å²) in [5, 5.41) is -0.252. The molecule has 1 saturated heterocycles. The van der Waals surface area contributed by atoms with Crippen LogP contribution in [-0.2, 0) is 10.0 Å². The van der Waals surface area contributed by atoms with Crippen LogP contribution in [-0.4, -0.2) is 37.2 Å². The highest BCUT2D eigenvalue weighted by molar-refractivity contribution is 7.89. The SMILES string of the molecule is O=C1C[C@@]2(CCN(S(=O)(=O)c3ccc(F)c(Cl)c3)C2)Oc2ccccc21. The minimum atomic E-state index is -3.86. The molecule has 0 unspecified atom stereocenters. The van der Waals surface area contributed by atoms with E-state index in [4.69, 9.17) is 16.3 Å². The lowest BCUT2D eigenvalue weighted by atomic mass is 9.89. The molecule has 2 aromatic carbocycles. The Labute approximate surface area is 155 Å². The van der Waals surface area contributed by atoms with Gasteiger partial charge in [-0.3, -0.25) is 4.79 Å². The first kappa shape index (κ1) is 17.5. The number of sulfonamides is 1. The second-order valence-corrected chi connectivity index (χ2v) is 8.89. The summed E-state index contributed by atoms with van der Waals surface area (Å²) in [6.07, 6.45) is 0.529. The minimum Gasteiger partial charge on any atom is -0.485 e. The van der Waals surface area contributed by atoms with E-state index in [1.165, 1.54) is 10.4 Å². The number of nitrogens with zero attached hydrogens (tertiary/aromatic N) is 1. The number of hydrogen-bond donors (Lipinski definition) is 0. The zero-order valence-electron chi connectivity index (χ0n) is 13.6. The van der Waals surface area contributed by atoms with Gasteiger partial charge in [0.05, 0.1) is 28.4 Å². The Kier molecular flexibility index (Phi) is 4.06. The molecule has 2 aromatic rings. The van der Waals surface area contributed by atoms with Gasteiger partial charge in [0.25, 0.3) is 0 Å². The van der Waals surface area contributed by atoms with Crippen LogP contribution in [0.2, 0.25) is 5.02 Å². The molecule has 4 rings (SSSR count). The molecule has 0 amide bonds. The van der Waals surface area contributed by atoms with Crippen molar-refractivity contribution in [1.82, 2.24) is 4.31 Å². The zero-order chi connectivity index (χ0) is 18.5. The van der Waals surface area contributed by atoms with Gasteiger partial charge < -0.3 is 4.74 Å². The van der Waals surface area contributed by atoms with Gasteiger partial charge in [0.1, 0.15) is 17.2 Å². The van der Waals surface area contributed by atoms with E-state index < -0.39 is 21.4 Å². The standard InChI is InChI=1S/C18H15ClFNO4S/c19-14-9-12(5-6-15(14)20)26(23,24)21-8-7-18(11-21)10-16(22)13-3-1-2-4-17(13)25-18/h1-6,9H,7-8,10-11H2/t18-/m1/s1. The maximum atomic E-state index is 13.3. The molecule has 2 aliphatic heterocycles. The predicted octanol–water partition coefficient (Wildman–Crippen LogP) is 3.28. The van der Waals surface area contributed by atoms with Crippen LogP contribution in [0.15, 0.2) is 47.4 Å². The quantitative estimate of drug-likeness (QED) is 0.782. The molecule has 0 aromatic heterocycles. The Morgan fingerprint density at radius 2 is 1.96 bits per heavy atom. The Bertz CT molecular complexity index is 1010. The summed E-state index contributed by atoms with van der Waals surface area (Å²) in [6.45, 7) is 0.275. The van der Waals surface area contributed by atoms with Crippen LogP contribution in [0.5, 0.6) is 5.75 Å². The fourth-order valence-corrected chi connectivity index (χ4v) is 5.26. The average molecular weight is 396 g/mol. The Hall–Kier alpha value is -1.96. The number of hydrogen-bond acceptors (Lipinski definition) is 4. The third-order valence-electron chi connectivity index (χ3n) is 4.81. The smallest absolute Gasteiger partial charge is 0.243 e. The van der Waals surface area contributed by atoms with Crippen molar-refractivity contribution >= 4 is 27.4 Å². The van der Waals surface area contributed by atoms with Gasteiger partial charge in [0, 0.05) is 13.0 Å². The van der Waals surface area contributed by atoms with E-state index in [1.54, 1.807) is 24.3 Å². The molecule has 26 heavy (non-hydrogen) atoms. The number of benzene rings is 2. The number of Topliss-reactive ketones (excluding diaryl/α,β-unsaturated/α-hetero) is 1. The second kappa shape index (κ2) is 6.04. The third-order valence-corrected chi connectivity index (χ3v) is 6.94. The van der Waals surface area contributed by atoms with Gasteiger partial charge in [-0.05, 0) is 30.3 Å². The number of para-hydroxylation sites is 1. The molecule has 1 atom stereocenters. The normalized spacial score (nSPS) is 23.1. The summed E-state index contributed by atoms with van der Waals surface area (Å²) in [7, 11) is -3.86. The van der Waals surface area contributed by atoms with Gasteiger partial charge >= 0.3 is 0 Å². The molecule has 8 heteroatoms. The lowest BCUT2D eigenvalue weighted by Crippen LogP contribution is -2.45. The number of carbonyl (C=O) groups excluding carboxylic acids is 1. The molecule has 1 fully saturated rings. The highest BCUT2D eigenvalue weighted by atomic mass is 35.5. The molecule has 0 bridgehead atoms. The summed E-state index contributed by atoms with van der Waals surface area (Å²) in [5.41, 5.74) is -0.354. The van der Waals surface area contributed by atoms with Crippen molar-refractivity contribution in [2.24, 2.45) is 0 Å². The van der Waals surface area contributed by atoms with Crippen molar-refractivity contribution in [2.45, 2.75) is 23.3 Å². The van der Waals surface area contributed by atoms with Gasteiger partial charge in [0.15, 0.2) is 5.78 Å².